The zero-order valence-electron chi connectivity index (χ0n) is 12.7. The first kappa shape index (κ1) is 17.4. The molecule has 2 rings (SSSR count). The van der Waals surface area contributed by atoms with E-state index in [1.54, 1.807) is 0 Å². The predicted octanol–water partition coefficient (Wildman–Crippen LogP) is 1.40. The lowest BCUT2D eigenvalue weighted by Crippen LogP contribution is -2.22. The molecule has 1 saturated carbocycles. The highest BCUT2D eigenvalue weighted by molar-refractivity contribution is 7.89. The maximum absolute atomic E-state index is 11.7. The summed E-state index contributed by atoms with van der Waals surface area (Å²) in [4.78, 5) is 23.3. The van der Waals surface area contributed by atoms with Gasteiger partial charge in [0, 0.05) is 12.1 Å². The van der Waals surface area contributed by atoms with Crippen LogP contribution in [-0.4, -0.2) is 26.9 Å². The maximum Gasteiger partial charge on any atom is 0.306 e. The number of nitrogens with one attached hydrogen (secondary N) is 1. The number of anilines is 1. The summed E-state index contributed by atoms with van der Waals surface area (Å²) in [6, 6.07) is 5.55. The van der Waals surface area contributed by atoms with Crippen molar-refractivity contribution < 1.29 is 22.7 Å². The summed E-state index contributed by atoms with van der Waals surface area (Å²) in [7, 11) is -3.84. The number of rotatable bonds is 6. The van der Waals surface area contributed by atoms with E-state index in [-0.39, 0.29) is 16.6 Å². The number of hydrogen-bond donors (Lipinski definition) is 2. The molecule has 1 aromatic rings. The molecule has 0 saturated heterocycles. The summed E-state index contributed by atoms with van der Waals surface area (Å²) >= 11 is 0. The van der Waals surface area contributed by atoms with E-state index >= 15 is 0 Å². The van der Waals surface area contributed by atoms with Crippen LogP contribution in [0.3, 0.4) is 0 Å². The molecule has 0 radical (unpaired) electrons. The summed E-state index contributed by atoms with van der Waals surface area (Å²) in [6.45, 7) is -0.398. The fraction of sp³-hybridized carbons (Fsp3) is 0.467. The molecule has 7 nitrogen and oxygen atoms in total. The van der Waals surface area contributed by atoms with Crippen molar-refractivity contribution in [3.05, 3.63) is 24.3 Å². The number of hydrogen-bond acceptors (Lipinski definition) is 5. The van der Waals surface area contributed by atoms with Gasteiger partial charge in [-0.25, -0.2) is 13.6 Å². The molecule has 1 aliphatic carbocycles. The monoisotopic (exact) mass is 340 g/mol. The van der Waals surface area contributed by atoms with Gasteiger partial charge in [-0.3, -0.25) is 9.59 Å². The lowest BCUT2D eigenvalue weighted by Gasteiger charge is -2.10. The number of nitrogens with two attached hydrogens (primary N) is 1. The molecule has 23 heavy (non-hydrogen) atoms. The molecule has 0 atom stereocenters. The minimum absolute atomic E-state index is 0.103. The van der Waals surface area contributed by atoms with Crippen molar-refractivity contribution in [2.45, 2.75) is 37.0 Å². The van der Waals surface area contributed by atoms with E-state index in [2.05, 4.69) is 5.32 Å². The minimum atomic E-state index is -3.84. The van der Waals surface area contributed by atoms with Crippen molar-refractivity contribution in [1.82, 2.24) is 0 Å². The van der Waals surface area contributed by atoms with E-state index in [0.717, 1.165) is 25.7 Å². The Balaban J connectivity index is 1.81. The molecule has 1 fully saturated rings. The van der Waals surface area contributed by atoms with E-state index in [0.29, 0.717) is 12.3 Å². The SMILES string of the molecule is NS(=O)(=O)c1cccc(NC(=O)COC(=O)CC2CCCC2)c1. The first-order valence-electron chi connectivity index (χ1n) is 7.43. The van der Waals surface area contributed by atoms with Crippen LogP contribution in [0.15, 0.2) is 29.2 Å². The molecule has 1 aliphatic rings. The molecule has 126 valence electrons. The van der Waals surface area contributed by atoms with Crippen LogP contribution in [0.2, 0.25) is 0 Å². The first-order valence-corrected chi connectivity index (χ1v) is 8.97. The number of carbonyl (C=O) groups excluding carboxylic acids is 2. The molecule has 0 aliphatic heterocycles. The lowest BCUT2D eigenvalue weighted by molar-refractivity contribution is -0.148. The van der Waals surface area contributed by atoms with Crippen LogP contribution in [0.25, 0.3) is 0 Å². The number of amides is 1. The number of carbonyl (C=O) groups is 2. The van der Waals surface area contributed by atoms with Crippen molar-refractivity contribution in [3.63, 3.8) is 0 Å². The van der Waals surface area contributed by atoms with Crippen LogP contribution in [0.5, 0.6) is 0 Å². The summed E-state index contributed by atoms with van der Waals surface area (Å²) in [5, 5.41) is 7.49. The largest absolute Gasteiger partial charge is 0.456 e. The second-order valence-electron chi connectivity index (χ2n) is 5.64. The molecule has 0 aromatic heterocycles. The lowest BCUT2D eigenvalue weighted by atomic mass is 10.1. The van der Waals surface area contributed by atoms with E-state index < -0.39 is 22.5 Å². The molecule has 8 heteroatoms. The smallest absolute Gasteiger partial charge is 0.306 e. The second-order valence-corrected chi connectivity index (χ2v) is 7.20. The molecule has 0 bridgehead atoms. The topological polar surface area (TPSA) is 116 Å². The van der Waals surface area contributed by atoms with Crippen LogP contribution in [0, 0.1) is 5.92 Å². The van der Waals surface area contributed by atoms with Gasteiger partial charge in [0.2, 0.25) is 10.0 Å². The van der Waals surface area contributed by atoms with Crippen molar-refractivity contribution in [2.75, 3.05) is 11.9 Å². The second kappa shape index (κ2) is 7.56. The van der Waals surface area contributed by atoms with Crippen LogP contribution < -0.4 is 10.5 Å². The number of sulfonamides is 1. The quantitative estimate of drug-likeness (QED) is 0.759. The maximum atomic E-state index is 11.7. The molecular weight excluding hydrogens is 320 g/mol. The summed E-state index contributed by atoms with van der Waals surface area (Å²) < 4.78 is 27.4. The fourth-order valence-electron chi connectivity index (χ4n) is 2.60. The Bertz CT molecular complexity index is 681. The molecule has 1 aromatic carbocycles. The molecule has 0 spiro atoms. The highest BCUT2D eigenvalue weighted by Crippen LogP contribution is 2.27. The third kappa shape index (κ3) is 5.65. The highest BCUT2D eigenvalue weighted by atomic mass is 32.2. The molecule has 3 N–H and O–H groups in total. The van der Waals surface area contributed by atoms with Gasteiger partial charge in [-0.1, -0.05) is 18.9 Å². The average molecular weight is 340 g/mol. The van der Waals surface area contributed by atoms with Crippen LogP contribution >= 0.6 is 0 Å². The highest BCUT2D eigenvalue weighted by Gasteiger charge is 2.19. The van der Waals surface area contributed by atoms with Crippen LogP contribution in [0.1, 0.15) is 32.1 Å². The van der Waals surface area contributed by atoms with Crippen molar-refractivity contribution in [1.29, 1.82) is 0 Å². The Morgan fingerprint density at radius 1 is 1.26 bits per heavy atom. The number of primary sulfonamides is 1. The predicted molar refractivity (Wildman–Crippen MR) is 84.0 cm³/mol. The third-order valence-corrected chi connectivity index (χ3v) is 4.65. The van der Waals surface area contributed by atoms with Crippen molar-refractivity contribution >= 4 is 27.6 Å². The van der Waals surface area contributed by atoms with Crippen molar-refractivity contribution in [2.24, 2.45) is 11.1 Å². The van der Waals surface area contributed by atoms with Crippen molar-refractivity contribution in [3.8, 4) is 0 Å². The standard InChI is InChI=1S/C15H20N2O5S/c16-23(20,21)13-7-3-6-12(9-13)17-14(18)10-22-15(19)8-11-4-1-2-5-11/h3,6-7,9,11H,1-2,4-5,8,10H2,(H,17,18)(H2,16,20,21). The molecule has 0 heterocycles. The van der Waals surface area contributed by atoms with E-state index in [1.165, 1.54) is 24.3 Å². The van der Waals surface area contributed by atoms with E-state index in [9.17, 15) is 18.0 Å². The summed E-state index contributed by atoms with van der Waals surface area (Å²) in [5.41, 5.74) is 0.272. The Labute approximate surface area is 135 Å². The Morgan fingerprint density at radius 3 is 2.61 bits per heavy atom. The van der Waals surface area contributed by atoms with Gasteiger partial charge in [-0.15, -0.1) is 0 Å². The van der Waals surface area contributed by atoms with Gasteiger partial charge < -0.3 is 10.1 Å². The Morgan fingerprint density at radius 2 is 1.96 bits per heavy atom. The average Bonchev–Trinajstić information content (AvgIpc) is 2.97. The van der Waals surface area contributed by atoms with E-state index in [1.807, 2.05) is 0 Å². The van der Waals surface area contributed by atoms with Gasteiger partial charge in [-0.2, -0.15) is 0 Å². The zero-order valence-corrected chi connectivity index (χ0v) is 13.5. The van der Waals surface area contributed by atoms with Gasteiger partial charge in [0.15, 0.2) is 6.61 Å². The number of ether oxygens (including phenoxy) is 1. The van der Waals surface area contributed by atoms with Gasteiger partial charge in [0.25, 0.3) is 5.91 Å². The van der Waals surface area contributed by atoms with Gasteiger partial charge in [-0.05, 0) is 37.0 Å². The Kier molecular flexibility index (Phi) is 5.73. The van der Waals surface area contributed by atoms with Crippen LogP contribution in [0.4, 0.5) is 5.69 Å². The first-order chi connectivity index (χ1) is 10.8. The molecule has 0 unspecified atom stereocenters. The third-order valence-electron chi connectivity index (χ3n) is 3.74. The fourth-order valence-corrected chi connectivity index (χ4v) is 3.16. The number of esters is 1. The summed E-state index contributed by atoms with van der Waals surface area (Å²) in [6.07, 6.45) is 4.68. The molecular formula is C15H20N2O5S. The summed E-state index contributed by atoms with van der Waals surface area (Å²) in [5.74, 6) is -0.557. The number of benzene rings is 1. The van der Waals surface area contributed by atoms with Gasteiger partial charge in [0.05, 0.1) is 4.90 Å². The van der Waals surface area contributed by atoms with Crippen LogP contribution in [-0.2, 0) is 24.3 Å². The minimum Gasteiger partial charge on any atom is -0.456 e. The van der Waals surface area contributed by atoms with E-state index in [4.69, 9.17) is 9.88 Å². The normalized spacial score (nSPS) is 15.3. The zero-order chi connectivity index (χ0) is 16.9. The molecule has 1 amide bonds. The van der Waals surface area contributed by atoms with Gasteiger partial charge in [0.1, 0.15) is 0 Å². The Hall–Kier alpha value is -1.93. The van der Waals surface area contributed by atoms with Gasteiger partial charge >= 0.3 is 5.97 Å².